The average molecular weight is 592 g/mol. The molecule has 2 aromatic carbocycles. The second-order valence-corrected chi connectivity index (χ2v) is 11.8. The van der Waals surface area contributed by atoms with Crippen molar-refractivity contribution < 1.29 is 9.90 Å². The molecule has 4 nitrogen and oxygen atoms in total. The van der Waals surface area contributed by atoms with Crippen molar-refractivity contribution in [3.63, 3.8) is 0 Å². The van der Waals surface area contributed by atoms with E-state index in [1.807, 2.05) is 37.7 Å². The van der Waals surface area contributed by atoms with Crippen LogP contribution in [0, 0.1) is 5.41 Å². The number of hydrogen-bond donors (Lipinski definition) is 2. The molecule has 2 aromatic rings. The zero-order valence-corrected chi connectivity index (χ0v) is 26.1. The van der Waals surface area contributed by atoms with Crippen molar-refractivity contribution in [2.45, 2.75) is 89.6 Å². The van der Waals surface area contributed by atoms with E-state index in [1.54, 1.807) is 0 Å². The molecule has 1 amide bonds. The SMILES string of the molecule is CC.CCCC[C@@]1(CC)CSc2ccc(N(C)C)cc2C(c2cccc(NC(=O)CCCCBr)c2)C1O. The highest BCUT2D eigenvalue weighted by Gasteiger charge is 2.44. The summed E-state index contributed by atoms with van der Waals surface area (Å²) in [7, 11) is 4.11. The fourth-order valence-electron chi connectivity index (χ4n) is 5.03. The standard InChI is InChI=1S/C29H41BrN2O2S.C2H6/c1-5-7-16-29(6-2)20-35-25-15-14-23(32(3)4)19-24(25)27(28(29)34)21-11-10-12-22(18-21)31-26(33)13-8-9-17-30;1-2/h10-12,14-15,18-19,27-28,34H,5-9,13,16-17,20H2,1-4H3,(H,31,33);1-2H3/t27?,28?,29-;/m0./s1. The van der Waals surface area contributed by atoms with Gasteiger partial charge in [-0.15, -0.1) is 11.8 Å². The third-order valence-corrected chi connectivity index (χ3v) is 9.32. The summed E-state index contributed by atoms with van der Waals surface area (Å²) in [5.41, 5.74) is 4.02. The van der Waals surface area contributed by atoms with E-state index in [0.717, 1.165) is 66.5 Å². The average Bonchev–Trinajstić information content (AvgIpc) is 3.02. The topological polar surface area (TPSA) is 52.6 Å². The van der Waals surface area contributed by atoms with E-state index in [4.69, 9.17) is 0 Å². The highest BCUT2D eigenvalue weighted by molar-refractivity contribution is 9.09. The second kappa shape index (κ2) is 15.8. The zero-order chi connectivity index (χ0) is 27.4. The summed E-state index contributed by atoms with van der Waals surface area (Å²) in [6.45, 7) is 8.44. The van der Waals surface area contributed by atoms with Crippen molar-refractivity contribution >= 4 is 45.0 Å². The quantitative estimate of drug-likeness (QED) is 0.203. The van der Waals surface area contributed by atoms with Gasteiger partial charge in [0.25, 0.3) is 0 Å². The van der Waals surface area contributed by atoms with Crippen molar-refractivity contribution in [3.8, 4) is 0 Å². The maximum absolute atomic E-state index is 12.5. The Balaban J connectivity index is 0.00000235. The molecule has 0 spiro atoms. The van der Waals surface area contributed by atoms with Gasteiger partial charge in [0.1, 0.15) is 0 Å². The van der Waals surface area contributed by atoms with E-state index < -0.39 is 6.10 Å². The smallest absolute Gasteiger partial charge is 0.224 e. The summed E-state index contributed by atoms with van der Waals surface area (Å²) in [5.74, 6) is 0.808. The number of anilines is 2. The van der Waals surface area contributed by atoms with Crippen LogP contribution in [0.3, 0.4) is 0 Å². The number of amides is 1. The Labute approximate surface area is 238 Å². The molecule has 0 aromatic heterocycles. The molecule has 0 bridgehead atoms. The Hall–Kier alpha value is -1.50. The number of aliphatic hydroxyl groups is 1. The lowest BCUT2D eigenvalue weighted by molar-refractivity contribution is -0.116. The first-order valence-electron chi connectivity index (χ1n) is 13.9. The molecule has 0 saturated carbocycles. The first-order chi connectivity index (χ1) is 17.8. The molecular weight excluding hydrogens is 544 g/mol. The number of carbonyl (C=O) groups is 1. The number of hydrogen-bond acceptors (Lipinski definition) is 4. The van der Waals surface area contributed by atoms with Crippen LogP contribution in [0.4, 0.5) is 11.4 Å². The minimum absolute atomic E-state index is 0.0428. The summed E-state index contributed by atoms with van der Waals surface area (Å²) in [6, 6.07) is 14.8. The largest absolute Gasteiger partial charge is 0.392 e. The molecule has 3 rings (SSSR count). The monoisotopic (exact) mass is 590 g/mol. The molecule has 2 N–H and O–H groups in total. The molecule has 0 aliphatic carbocycles. The van der Waals surface area contributed by atoms with E-state index in [9.17, 15) is 9.90 Å². The lowest BCUT2D eigenvalue weighted by Crippen LogP contribution is -2.40. The van der Waals surface area contributed by atoms with Gasteiger partial charge in [-0.25, -0.2) is 0 Å². The Bertz CT molecular complexity index is 983. The molecule has 2 unspecified atom stereocenters. The maximum Gasteiger partial charge on any atom is 0.224 e. The molecule has 206 valence electrons. The predicted molar refractivity (Wildman–Crippen MR) is 166 cm³/mol. The Morgan fingerprint density at radius 2 is 1.89 bits per heavy atom. The fraction of sp³-hybridized carbons (Fsp3) is 0.581. The van der Waals surface area contributed by atoms with Gasteiger partial charge >= 0.3 is 0 Å². The minimum Gasteiger partial charge on any atom is -0.392 e. The van der Waals surface area contributed by atoms with E-state index >= 15 is 0 Å². The van der Waals surface area contributed by atoms with E-state index in [2.05, 4.69) is 84.4 Å². The summed E-state index contributed by atoms with van der Waals surface area (Å²) in [6.07, 6.45) is 6.06. The van der Waals surface area contributed by atoms with Crippen LogP contribution in [0.5, 0.6) is 0 Å². The molecule has 1 heterocycles. The molecule has 0 radical (unpaired) electrons. The number of halogens is 1. The Morgan fingerprint density at radius 1 is 1.14 bits per heavy atom. The van der Waals surface area contributed by atoms with E-state index in [0.29, 0.717) is 6.42 Å². The van der Waals surface area contributed by atoms with Crippen LogP contribution >= 0.6 is 27.7 Å². The second-order valence-electron chi connectivity index (χ2n) is 9.97. The number of alkyl halides is 1. The predicted octanol–water partition coefficient (Wildman–Crippen LogP) is 8.47. The maximum atomic E-state index is 12.5. The third kappa shape index (κ3) is 8.24. The molecule has 3 atom stereocenters. The van der Waals surface area contributed by atoms with Crippen LogP contribution in [0.1, 0.15) is 89.7 Å². The van der Waals surface area contributed by atoms with Crippen molar-refractivity contribution in [1.82, 2.24) is 0 Å². The van der Waals surface area contributed by atoms with Crippen LogP contribution in [0.15, 0.2) is 47.4 Å². The highest BCUT2D eigenvalue weighted by atomic mass is 79.9. The van der Waals surface area contributed by atoms with Gasteiger partial charge in [0.05, 0.1) is 6.10 Å². The number of thioether (sulfide) groups is 1. The third-order valence-electron chi connectivity index (χ3n) is 7.35. The lowest BCUT2D eigenvalue weighted by atomic mass is 9.69. The number of unbranched alkanes of at least 4 members (excludes halogenated alkanes) is 2. The van der Waals surface area contributed by atoms with Crippen LogP contribution in [0.25, 0.3) is 0 Å². The summed E-state index contributed by atoms with van der Waals surface area (Å²) in [4.78, 5) is 15.9. The van der Waals surface area contributed by atoms with Crippen molar-refractivity contribution in [3.05, 3.63) is 53.6 Å². The molecule has 37 heavy (non-hydrogen) atoms. The van der Waals surface area contributed by atoms with Crippen LogP contribution < -0.4 is 10.2 Å². The normalized spacial score (nSPS) is 20.8. The number of nitrogens with zero attached hydrogens (tertiary/aromatic N) is 1. The summed E-state index contributed by atoms with van der Waals surface area (Å²) < 4.78 is 0. The van der Waals surface area contributed by atoms with Gasteiger partial charge in [-0.1, -0.05) is 68.6 Å². The van der Waals surface area contributed by atoms with Gasteiger partial charge in [-0.2, -0.15) is 0 Å². The van der Waals surface area contributed by atoms with Crippen LogP contribution in [-0.2, 0) is 4.79 Å². The highest BCUT2D eigenvalue weighted by Crippen LogP contribution is 2.51. The molecule has 1 aliphatic rings. The van der Waals surface area contributed by atoms with Gasteiger partial charge in [0.15, 0.2) is 0 Å². The van der Waals surface area contributed by atoms with Crippen molar-refractivity contribution in [1.29, 1.82) is 0 Å². The molecular formula is C31H47BrN2O2S. The van der Waals surface area contributed by atoms with Gasteiger partial charge in [-0.05, 0) is 67.1 Å². The van der Waals surface area contributed by atoms with Crippen LogP contribution in [-0.4, -0.2) is 42.3 Å². The lowest BCUT2D eigenvalue weighted by Gasteiger charge is -2.40. The number of nitrogens with one attached hydrogen (secondary N) is 1. The molecule has 6 heteroatoms. The van der Waals surface area contributed by atoms with Crippen molar-refractivity contribution in [2.24, 2.45) is 5.41 Å². The zero-order valence-electron chi connectivity index (χ0n) is 23.6. The molecule has 0 fully saturated rings. The number of benzene rings is 2. The number of carbonyl (C=O) groups excluding carboxylic acids is 1. The van der Waals surface area contributed by atoms with E-state index in [-0.39, 0.29) is 17.2 Å². The number of aliphatic hydroxyl groups excluding tert-OH is 1. The fourth-order valence-corrected chi connectivity index (χ4v) is 6.91. The molecule has 0 saturated heterocycles. The van der Waals surface area contributed by atoms with Crippen LogP contribution in [0.2, 0.25) is 0 Å². The molecule has 1 aliphatic heterocycles. The van der Waals surface area contributed by atoms with E-state index in [1.165, 1.54) is 10.5 Å². The Morgan fingerprint density at radius 3 is 2.54 bits per heavy atom. The van der Waals surface area contributed by atoms with Gasteiger partial charge in [0.2, 0.25) is 5.91 Å². The van der Waals surface area contributed by atoms with Gasteiger partial charge < -0.3 is 15.3 Å². The van der Waals surface area contributed by atoms with Gasteiger partial charge in [0, 0.05) is 59.2 Å². The summed E-state index contributed by atoms with van der Waals surface area (Å²) >= 11 is 5.32. The first kappa shape index (κ1) is 31.7. The summed E-state index contributed by atoms with van der Waals surface area (Å²) in [5, 5.41) is 16.1. The van der Waals surface area contributed by atoms with Crippen molar-refractivity contribution in [2.75, 3.05) is 35.4 Å². The number of fused-ring (bicyclic) bond motifs is 1. The minimum atomic E-state index is -0.505. The first-order valence-corrected chi connectivity index (χ1v) is 16.0. The van der Waals surface area contributed by atoms with Gasteiger partial charge in [-0.3, -0.25) is 4.79 Å². The number of rotatable bonds is 11. The Kier molecular flexibility index (Phi) is 13.5.